The second-order valence-corrected chi connectivity index (χ2v) is 11.1. The van der Waals surface area contributed by atoms with E-state index in [1.807, 2.05) is 20.8 Å². The van der Waals surface area contributed by atoms with E-state index < -0.39 is 33.2 Å². The molecule has 192 valence electrons. The Bertz CT molecular complexity index is 1340. The van der Waals surface area contributed by atoms with Crippen molar-refractivity contribution in [2.75, 3.05) is 4.31 Å². The third kappa shape index (κ3) is 6.39. The van der Waals surface area contributed by atoms with Crippen LogP contribution in [0, 0.1) is 0 Å². The average molecular weight is 539 g/mol. The van der Waals surface area contributed by atoms with Gasteiger partial charge in [0, 0.05) is 11.1 Å². The van der Waals surface area contributed by atoms with Crippen LogP contribution in [0.25, 0.3) is 0 Å². The van der Waals surface area contributed by atoms with Gasteiger partial charge in [-0.15, -0.1) is 0 Å². The van der Waals surface area contributed by atoms with Crippen molar-refractivity contribution in [3.63, 3.8) is 0 Å². The van der Waals surface area contributed by atoms with Gasteiger partial charge in [-0.3, -0.25) is 9.10 Å². The van der Waals surface area contributed by atoms with Gasteiger partial charge in [0.15, 0.2) is 0 Å². The summed E-state index contributed by atoms with van der Waals surface area (Å²) in [6.45, 7) is 5.30. The Balaban J connectivity index is 2.13. The standard InChI is InChI=1S/C26H26ClF3N2O3S/c1-4-25(2,3)31-24(33)19-13-14-22(27)23(15-19)36(34,35)32(17-18-9-6-5-7-10-18)21-12-8-11-20(16-21)26(28,29)30/h5-16H,4,17H2,1-3H3,(H,31,33). The number of nitrogens with one attached hydrogen (secondary N) is 1. The van der Waals surface area contributed by atoms with E-state index in [-0.39, 0.29) is 27.7 Å². The van der Waals surface area contributed by atoms with E-state index in [1.54, 1.807) is 30.3 Å². The second kappa shape index (κ2) is 10.5. The zero-order valence-electron chi connectivity index (χ0n) is 19.9. The summed E-state index contributed by atoms with van der Waals surface area (Å²) in [4.78, 5) is 12.4. The summed E-state index contributed by atoms with van der Waals surface area (Å²) >= 11 is 6.27. The predicted molar refractivity (Wildman–Crippen MR) is 135 cm³/mol. The van der Waals surface area contributed by atoms with Gasteiger partial charge in [-0.1, -0.05) is 54.9 Å². The van der Waals surface area contributed by atoms with Gasteiger partial charge in [0.2, 0.25) is 0 Å². The molecule has 0 aliphatic carbocycles. The van der Waals surface area contributed by atoms with Crippen LogP contribution in [0.1, 0.15) is 48.7 Å². The van der Waals surface area contributed by atoms with Crippen LogP contribution < -0.4 is 9.62 Å². The Morgan fingerprint density at radius 3 is 2.25 bits per heavy atom. The van der Waals surface area contributed by atoms with E-state index in [1.165, 1.54) is 18.2 Å². The number of nitrogens with zero attached hydrogens (tertiary/aromatic N) is 1. The summed E-state index contributed by atoms with van der Waals surface area (Å²) in [5.41, 5.74) is -1.11. The number of sulfonamides is 1. The Kier molecular flexibility index (Phi) is 8.05. The number of anilines is 1. The van der Waals surface area contributed by atoms with Gasteiger partial charge in [-0.05, 0) is 62.2 Å². The number of carbonyl (C=O) groups is 1. The molecule has 1 amide bonds. The number of halogens is 4. The molecule has 0 saturated carbocycles. The Morgan fingerprint density at radius 1 is 0.972 bits per heavy atom. The third-order valence-corrected chi connectivity index (χ3v) is 7.98. The van der Waals surface area contributed by atoms with Crippen molar-refractivity contribution in [2.45, 2.75) is 50.3 Å². The van der Waals surface area contributed by atoms with Gasteiger partial charge in [0.05, 0.1) is 22.8 Å². The van der Waals surface area contributed by atoms with E-state index in [0.29, 0.717) is 12.0 Å². The number of rotatable bonds is 8. The van der Waals surface area contributed by atoms with Gasteiger partial charge in [0.1, 0.15) is 4.90 Å². The molecule has 0 unspecified atom stereocenters. The number of amides is 1. The van der Waals surface area contributed by atoms with Crippen LogP contribution in [0.5, 0.6) is 0 Å². The number of alkyl halides is 3. The van der Waals surface area contributed by atoms with Crippen LogP contribution in [0.2, 0.25) is 5.02 Å². The maximum atomic E-state index is 13.9. The van der Waals surface area contributed by atoms with E-state index >= 15 is 0 Å². The normalized spacial score (nSPS) is 12.3. The molecule has 0 bridgehead atoms. The highest BCUT2D eigenvalue weighted by Gasteiger charge is 2.33. The molecule has 0 spiro atoms. The first-order valence-corrected chi connectivity index (χ1v) is 12.9. The van der Waals surface area contributed by atoms with Crippen LogP contribution in [-0.4, -0.2) is 19.9 Å². The van der Waals surface area contributed by atoms with Crippen molar-refractivity contribution >= 4 is 33.2 Å². The minimum absolute atomic E-state index is 0.0585. The Morgan fingerprint density at radius 2 is 1.64 bits per heavy atom. The van der Waals surface area contributed by atoms with E-state index in [4.69, 9.17) is 11.6 Å². The molecule has 36 heavy (non-hydrogen) atoms. The molecule has 3 aromatic carbocycles. The lowest BCUT2D eigenvalue weighted by Gasteiger charge is -2.27. The first kappa shape index (κ1) is 27.5. The van der Waals surface area contributed by atoms with Gasteiger partial charge < -0.3 is 5.32 Å². The molecule has 1 N–H and O–H groups in total. The molecule has 0 aromatic heterocycles. The Hall–Kier alpha value is -3.04. The maximum absolute atomic E-state index is 13.9. The number of hydrogen-bond donors (Lipinski definition) is 1. The fourth-order valence-corrected chi connectivity index (χ4v) is 5.28. The minimum atomic E-state index is -4.67. The first-order chi connectivity index (χ1) is 16.7. The molecule has 5 nitrogen and oxygen atoms in total. The van der Waals surface area contributed by atoms with Crippen molar-refractivity contribution in [1.82, 2.24) is 5.32 Å². The zero-order chi connectivity index (χ0) is 26.7. The lowest BCUT2D eigenvalue weighted by molar-refractivity contribution is -0.137. The third-order valence-electron chi connectivity index (χ3n) is 5.73. The molecule has 0 fully saturated rings. The highest BCUT2D eigenvalue weighted by atomic mass is 35.5. The van der Waals surface area contributed by atoms with Crippen molar-refractivity contribution < 1.29 is 26.4 Å². The molecule has 0 aliphatic heterocycles. The SMILES string of the molecule is CCC(C)(C)NC(=O)c1ccc(Cl)c(S(=O)(=O)N(Cc2ccccc2)c2cccc(C(F)(F)F)c2)c1. The molecule has 3 aromatic rings. The lowest BCUT2D eigenvalue weighted by Crippen LogP contribution is -2.42. The molecule has 0 atom stereocenters. The largest absolute Gasteiger partial charge is 0.416 e. The van der Waals surface area contributed by atoms with Gasteiger partial charge in [-0.25, -0.2) is 8.42 Å². The van der Waals surface area contributed by atoms with Crippen LogP contribution >= 0.6 is 11.6 Å². The molecule has 10 heteroatoms. The fraction of sp³-hybridized carbons (Fsp3) is 0.269. The second-order valence-electron chi connectivity index (χ2n) is 8.88. The summed E-state index contributed by atoms with van der Waals surface area (Å²) < 4.78 is 68.8. The molecular weight excluding hydrogens is 513 g/mol. The topological polar surface area (TPSA) is 66.5 Å². The first-order valence-electron chi connectivity index (χ1n) is 11.1. The highest BCUT2D eigenvalue weighted by molar-refractivity contribution is 7.93. The smallest absolute Gasteiger partial charge is 0.347 e. The van der Waals surface area contributed by atoms with Crippen molar-refractivity contribution in [3.05, 3.63) is 94.5 Å². The summed E-state index contributed by atoms with van der Waals surface area (Å²) in [5.74, 6) is -0.497. The average Bonchev–Trinajstić information content (AvgIpc) is 2.82. The number of benzene rings is 3. The molecule has 0 aliphatic rings. The molecule has 0 saturated heterocycles. The monoisotopic (exact) mass is 538 g/mol. The fourth-order valence-electron chi connectivity index (χ4n) is 3.33. The summed E-state index contributed by atoms with van der Waals surface area (Å²) in [7, 11) is -4.50. The quantitative estimate of drug-likeness (QED) is 0.348. The van der Waals surface area contributed by atoms with Crippen LogP contribution in [0.15, 0.2) is 77.7 Å². The maximum Gasteiger partial charge on any atom is 0.416 e. The van der Waals surface area contributed by atoms with Gasteiger partial charge >= 0.3 is 6.18 Å². The molecule has 0 heterocycles. The number of hydrogen-bond acceptors (Lipinski definition) is 3. The van der Waals surface area contributed by atoms with E-state index in [9.17, 15) is 26.4 Å². The van der Waals surface area contributed by atoms with Crippen molar-refractivity contribution in [3.8, 4) is 0 Å². The van der Waals surface area contributed by atoms with Gasteiger partial charge in [0.25, 0.3) is 15.9 Å². The van der Waals surface area contributed by atoms with Crippen molar-refractivity contribution in [2.24, 2.45) is 0 Å². The summed E-state index contributed by atoms with van der Waals surface area (Å²) in [6.07, 6.45) is -4.03. The minimum Gasteiger partial charge on any atom is -0.347 e. The van der Waals surface area contributed by atoms with Gasteiger partial charge in [-0.2, -0.15) is 13.2 Å². The molecule has 3 rings (SSSR count). The van der Waals surface area contributed by atoms with E-state index in [2.05, 4.69) is 5.32 Å². The zero-order valence-corrected chi connectivity index (χ0v) is 21.5. The summed E-state index contributed by atoms with van der Waals surface area (Å²) in [5, 5.41) is 2.67. The van der Waals surface area contributed by atoms with Crippen LogP contribution in [-0.2, 0) is 22.7 Å². The molecule has 0 radical (unpaired) electrons. The highest BCUT2D eigenvalue weighted by Crippen LogP contribution is 2.35. The molecular formula is C26H26ClF3N2O3S. The predicted octanol–water partition coefficient (Wildman–Crippen LogP) is 6.67. The Labute approximate surface area is 213 Å². The van der Waals surface area contributed by atoms with E-state index in [0.717, 1.165) is 28.6 Å². The van der Waals surface area contributed by atoms with Crippen molar-refractivity contribution in [1.29, 1.82) is 0 Å². The van der Waals surface area contributed by atoms with Crippen LogP contribution in [0.4, 0.5) is 18.9 Å². The summed E-state index contributed by atoms with van der Waals surface area (Å²) in [6, 6.07) is 16.3. The lowest BCUT2D eigenvalue weighted by atomic mass is 10.0. The number of carbonyl (C=O) groups excluding carboxylic acids is 1. The van der Waals surface area contributed by atoms with Crippen LogP contribution in [0.3, 0.4) is 0 Å².